The van der Waals surface area contributed by atoms with Gasteiger partial charge in [0, 0.05) is 45.1 Å². The van der Waals surface area contributed by atoms with Gasteiger partial charge in [-0.1, -0.05) is 12.1 Å². The van der Waals surface area contributed by atoms with E-state index in [9.17, 15) is 9.18 Å². The highest BCUT2D eigenvalue weighted by molar-refractivity contribution is 5.95. The number of pyridine rings is 1. The summed E-state index contributed by atoms with van der Waals surface area (Å²) >= 11 is 0. The van der Waals surface area contributed by atoms with Crippen LogP contribution in [0.3, 0.4) is 0 Å². The second-order valence-electron chi connectivity index (χ2n) is 7.28. The number of nitrogens with one attached hydrogen (secondary N) is 1. The number of aromatic nitrogens is 1. The topological polar surface area (TPSA) is 51.7 Å². The van der Waals surface area contributed by atoms with E-state index in [2.05, 4.69) is 15.2 Å². The first-order chi connectivity index (χ1) is 13.5. The molecule has 28 heavy (non-hydrogen) atoms. The van der Waals surface area contributed by atoms with Gasteiger partial charge in [0.05, 0.1) is 16.9 Å². The van der Waals surface area contributed by atoms with Crippen LogP contribution in [0.5, 0.6) is 0 Å². The number of nitrogens with zero attached hydrogens (tertiary/aromatic N) is 4. The van der Waals surface area contributed by atoms with E-state index in [1.807, 2.05) is 36.0 Å². The van der Waals surface area contributed by atoms with E-state index >= 15 is 0 Å². The quantitative estimate of drug-likeness (QED) is 0.743. The van der Waals surface area contributed by atoms with Crippen LogP contribution in [0.4, 0.5) is 15.8 Å². The Morgan fingerprint density at radius 1 is 1.18 bits per heavy atom. The van der Waals surface area contributed by atoms with Crippen LogP contribution in [-0.4, -0.2) is 74.1 Å². The fourth-order valence-corrected chi connectivity index (χ4v) is 3.32. The summed E-state index contributed by atoms with van der Waals surface area (Å²) in [7, 11) is 4.10. The van der Waals surface area contributed by atoms with E-state index in [1.54, 1.807) is 24.5 Å². The smallest absolute Gasteiger partial charge is 0.255 e. The minimum absolute atomic E-state index is 0.0300. The summed E-state index contributed by atoms with van der Waals surface area (Å²) in [5.41, 5.74) is 2.03. The molecule has 1 aromatic heterocycles. The zero-order valence-electron chi connectivity index (χ0n) is 16.6. The van der Waals surface area contributed by atoms with Gasteiger partial charge in [-0.25, -0.2) is 4.39 Å². The molecule has 1 aromatic carbocycles. The van der Waals surface area contributed by atoms with E-state index in [0.29, 0.717) is 37.4 Å². The lowest BCUT2D eigenvalue weighted by Gasteiger charge is -2.36. The van der Waals surface area contributed by atoms with Gasteiger partial charge in [-0.05, 0) is 45.3 Å². The predicted octanol–water partition coefficient (Wildman–Crippen LogP) is 2.55. The molecule has 0 bridgehead atoms. The molecular weight excluding hydrogens is 357 g/mol. The minimum atomic E-state index is -0.223. The average molecular weight is 385 g/mol. The van der Waals surface area contributed by atoms with Crippen LogP contribution < -0.4 is 10.2 Å². The standard InChI is InChI=1S/C21H28FN5O/c1-25(2)9-5-8-24-18-14-17(15-23-16-18)21(28)27-12-10-26(11-13-27)20-7-4-3-6-19(20)22/h3-4,6-7,14-16,24H,5,8-13H2,1-2H3. The lowest BCUT2D eigenvalue weighted by molar-refractivity contribution is 0.0746. The van der Waals surface area contributed by atoms with Crippen molar-refractivity contribution in [3.05, 3.63) is 54.1 Å². The first kappa shape index (κ1) is 20.1. The normalized spacial score (nSPS) is 14.4. The van der Waals surface area contributed by atoms with Crippen LogP contribution in [0.1, 0.15) is 16.8 Å². The number of amides is 1. The summed E-state index contributed by atoms with van der Waals surface area (Å²) in [5.74, 6) is -0.253. The number of hydrogen-bond acceptors (Lipinski definition) is 5. The summed E-state index contributed by atoms with van der Waals surface area (Å²) < 4.78 is 14.0. The van der Waals surface area contributed by atoms with Crippen LogP contribution >= 0.6 is 0 Å². The monoisotopic (exact) mass is 385 g/mol. The van der Waals surface area contributed by atoms with Crippen LogP contribution in [0.25, 0.3) is 0 Å². The fourth-order valence-electron chi connectivity index (χ4n) is 3.32. The zero-order chi connectivity index (χ0) is 19.9. The SMILES string of the molecule is CN(C)CCCNc1cncc(C(=O)N2CCN(c3ccccc3F)CC2)c1. The summed E-state index contributed by atoms with van der Waals surface area (Å²) in [6.45, 7) is 4.19. The van der Waals surface area contributed by atoms with Crippen molar-refractivity contribution in [3.8, 4) is 0 Å². The number of para-hydroxylation sites is 1. The minimum Gasteiger partial charge on any atom is -0.384 e. The van der Waals surface area contributed by atoms with Crippen LogP contribution in [0.15, 0.2) is 42.7 Å². The third-order valence-corrected chi connectivity index (χ3v) is 4.86. The van der Waals surface area contributed by atoms with Gasteiger partial charge in [0.25, 0.3) is 5.91 Å². The van der Waals surface area contributed by atoms with E-state index in [0.717, 1.165) is 25.2 Å². The van der Waals surface area contributed by atoms with Gasteiger partial charge in [-0.2, -0.15) is 0 Å². The number of hydrogen-bond donors (Lipinski definition) is 1. The largest absolute Gasteiger partial charge is 0.384 e. The van der Waals surface area contributed by atoms with E-state index in [4.69, 9.17) is 0 Å². The summed E-state index contributed by atoms with van der Waals surface area (Å²) in [6, 6.07) is 8.62. The molecule has 0 aliphatic carbocycles. The molecule has 0 radical (unpaired) electrons. The molecule has 1 aliphatic rings. The Morgan fingerprint density at radius 2 is 1.93 bits per heavy atom. The molecule has 0 atom stereocenters. The fraction of sp³-hybridized carbons (Fsp3) is 0.429. The van der Waals surface area contributed by atoms with Crippen molar-refractivity contribution in [1.29, 1.82) is 0 Å². The first-order valence-electron chi connectivity index (χ1n) is 9.67. The molecule has 1 fully saturated rings. The van der Waals surface area contributed by atoms with Gasteiger partial charge >= 0.3 is 0 Å². The molecule has 1 N–H and O–H groups in total. The molecule has 2 aromatic rings. The molecule has 1 saturated heterocycles. The van der Waals surface area contributed by atoms with Gasteiger partial charge in [0.15, 0.2) is 0 Å². The number of halogens is 1. The van der Waals surface area contributed by atoms with Crippen molar-refractivity contribution < 1.29 is 9.18 Å². The van der Waals surface area contributed by atoms with Crippen LogP contribution in [-0.2, 0) is 0 Å². The Morgan fingerprint density at radius 3 is 2.64 bits per heavy atom. The van der Waals surface area contributed by atoms with Gasteiger partial charge in [0.2, 0.25) is 0 Å². The predicted molar refractivity (Wildman–Crippen MR) is 110 cm³/mol. The molecule has 0 unspecified atom stereocenters. The number of rotatable bonds is 7. The number of carbonyl (C=O) groups excluding carboxylic acids is 1. The third kappa shape index (κ3) is 5.19. The highest BCUT2D eigenvalue weighted by Crippen LogP contribution is 2.21. The molecule has 0 spiro atoms. The Hall–Kier alpha value is -2.67. The highest BCUT2D eigenvalue weighted by atomic mass is 19.1. The van der Waals surface area contributed by atoms with E-state index < -0.39 is 0 Å². The number of benzene rings is 1. The molecule has 1 amide bonds. The van der Waals surface area contributed by atoms with E-state index in [-0.39, 0.29) is 11.7 Å². The maximum Gasteiger partial charge on any atom is 0.255 e. The molecule has 2 heterocycles. The molecule has 7 heteroatoms. The Labute approximate surface area is 166 Å². The Bertz CT molecular complexity index is 790. The average Bonchev–Trinajstić information content (AvgIpc) is 2.71. The second-order valence-corrected chi connectivity index (χ2v) is 7.28. The Balaban J connectivity index is 1.55. The van der Waals surface area contributed by atoms with Gasteiger partial charge < -0.3 is 20.0 Å². The lowest BCUT2D eigenvalue weighted by atomic mass is 10.2. The Kier molecular flexibility index (Phi) is 6.81. The van der Waals surface area contributed by atoms with Gasteiger partial charge in [0.1, 0.15) is 5.82 Å². The van der Waals surface area contributed by atoms with Crippen molar-refractivity contribution in [2.24, 2.45) is 0 Å². The van der Waals surface area contributed by atoms with Crippen LogP contribution in [0, 0.1) is 5.82 Å². The van der Waals surface area contributed by atoms with Crippen molar-refractivity contribution in [2.45, 2.75) is 6.42 Å². The number of piperazine rings is 1. The summed E-state index contributed by atoms with van der Waals surface area (Å²) in [4.78, 5) is 23.0. The maximum absolute atomic E-state index is 14.0. The van der Waals surface area contributed by atoms with Crippen molar-refractivity contribution in [1.82, 2.24) is 14.8 Å². The highest BCUT2D eigenvalue weighted by Gasteiger charge is 2.23. The van der Waals surface area contributed by atoms with Crippen molar-refractivity contribution in [3.63, 3.8) is 0 Å². The zero-order valence-corrected chi connectivity index (χ0v) is 16.6. The lowest BCUT2D eigenvalue weighted by Crippen LogP contribution is -2.49. The van der Waals surface area contributed by atoms with Gasteiger partial charge in [-0.3, -0.25) is 9.78 Å². The second kappa shape index (κ2) is 9.50. The number of anilines is 2. The van der Waals surface area contributed by atoms with Crippen molar-refractivity contribution in [2.75, 3.05) is 63.6 Å². The molecule has 1 aliphatic heterocycles. The molecule has 6 nitrogen and oxygen atoms in total. The molecular formula is C21H28FN5O. The summed E-state index contributed by atoms with van der Waals surface area (Å²) in [6.07, 6.45) is 4.36. The molecule has 0 saturated carbocycles. The summed E-state index contributed by atoms with van der Waals surface area (Å²) in [5, 5.41) is 3.32. The molecule has 150 valence electrons. The number of carbonyl (C=O) groups is 1. The molecule has 3 rings (SSSR count). The third-order valence-electron chi connectivity index (χ3n) is 4.86. The van der Waals surface area contributed by atoms with E-state index in [1.165, 1.54) is 6.07 Å². The first-order valence-corrected chi connectivity index (χ1v) is 9.67. The van der Waals surface area contributed by atoms with Gasteiger partial charge in [-0.15, -0.1) is 0 Å². The van der Waals surface area contributed by atoms with Crippen LogP contribution in [0.2, 0.25) is 0 Å². The maximum atomic E-state index is 14.0. The van der Waals surface area contributed by atoms with Crippen molar-refractivity contribution >= 4 is 17.3 Å².